The Morgan fingerprint density at radius 3 is 2.62 bits per heavy atom. The second-order valence-electron chi connectivity index (χ2n) is 8.31. The average Bonchev–Trinajstić information content (AvgIpc) is 2.43. The Bertz CT molecular complexity index is 369. The van der Waals surface area contributed by atoms with E-state index >= 15 is 0 Å². The van der Waals surface area contributed by atoms with E-state index in [1.807, 2.05) is 0 Å². The smallest absolute Gasteiger partial charge is 0.0702 e. The molecule has 0 amide bonds. The van der Waals surface area contributed by atoms with Gasteiger partial charge in [-0.1, -0.05) is 6.92 Å². The van der Waals surface area contributed by atoms with Gasteiger partial charge in [-0.05, 0) is 75.7 Å². The second-order valence-corrected chi connectivity index (χ2v) is 8.31. The van der Waals surface area contributed by atoms with Gasteiger partial charge in [-0.25, -0.2) is 0 Å². The van der Waals surface area contributed by atoms with Gasteiger partial charge in [-0.15, -0.1) is 0 Å². The van der Waals surface area contributed by atoms with E-state index in [1.165, 1.54) is 32.2 Å². The number of nitrogens with zero attached hydrogens (tertiary/aromatic N) is 1. The van der Waals surface area contributed by atoms with E-state index in [0.29, 0.717) is 6.10 Å². The van der Waals surface area contributed by atoms with Crippen LogP contribution in [0.2, 0.25) is 0 Å². The number of hydrogen-bond donors (Lipinski definition) is 1. The van der Waals surface area contributed by atoms with E-state index in [-0.39, 0.29) is 5.60 Å². The van der Waals surface area contributed by atoms with Gasteiger partial charge in [0.15, 0.2) is 0 Å². The normalized spacial score (nSPS) is 49.7. The molecule has 5 rings (SSSR count). The van der Waals surface area contributed by atoms with Crippen LogP contribution in [0.15, 0.2) is 0 Å². The molecule has 0 unspecified atom stereocenters. The van der Waals surface area contributed by atoms with E-state index in [1.54, 1.807) is 0 Å². The Hall–Kier alpha value is -0.120. The van der Waals surface area contributed by atoms with Crippen molar-refractivity contribution >= 4 is 0 Å². The number of likely N-dealkylation sites (tertiary alicyclic amines) is 1. The van der Waals surface area contributed by atoms with Gasteiger partial charge < -0.3 is 9.84 Å². The molecule has 3 atom stereocenters. The topological polar surface area (TPSA) is 32.7 Å². The summed E-state index contributed by atoms with van der Waals surface area (Å²) in [5, 5.41) is 10.7. The lowest BCUT2D eigenvalue weighted by molar-refractivity contribution is -0.167. The first kappa shape index (κ1) is 14.5. The summed E-state index contributed by atoms with van der Waals surface area (Å²) in [5.41, 5.74) is -0.291. The van der Waals surface area contributed by atoms with Crippen LogP contribution < -0.4 is 0 Å². The lowest BCUT2D eigenvalue weighted by atomic mass is 9.52. The third kappa shape index (κ3) is 2.66. The summed E-state index contributed by atoms with van der Waals surface area (Å²) >= 11 is 0. The molecule has 3 heteroatoms. The molecule has 120 valence electrons. The third-order valence-corrected chi connectivity index (χ3v) is 6.58. The Kier molecular flexibility index (Phi) is 3.79. The second kappa shape index (κ2) is 5.50. The van der Waals surface area contributed by atoms with Crippen LogP contribution in [0, 0.1) is 17.8 Å². The largest absolute Gasteiger partial charge is 0.390 e. The van der Waals surface area contributed by atoms with Crippen LogP contribution in [0.4, 0.5) is 0 Å². The monoisotopic (exact) mass is 293 g/mol. The molecule has 1 N–H and O–H groups in total. The molecular weight excluding hydrogens is 262 g/mol. The van der Waals surface area contributed by atoms with Gasteiger partial charge in [0, 0.05) is 19.2 Å². The Balaban J connectivity index is 1.44. The summed E-state index contributed by atoms with van der Waals surface area (Å²) < 4.78 is 6.03. The first-order valence-electron chi connectivity index (χ1n) is 9.25. The Labute approximate surface area is 129 Å². The summed E-state index contributed by atoms with van der Waals surface area (Å²) in [6.07, 6.45) is 10.1. The van der Waals surface area contributed by atoms with Crippen molar-refractivity contribution in [1.82, 2.24) is 4.90 Å². The van der Waals surface area contributed by atoms with E-state index in [0.717, 1.165) is 62.6 Å². The molecule has 4 bridgehead atoms. The van der Waals surface area contributed by atoms with Crippen LogP contribution in [0.1, 0.15) is 58.3 Å². The quantitative estimate of drug-likeness (QED) is 0.865. The molecule has 0 aromatic rings. The van der Waals surface area contributed by atoms with E-state index in [9.17, 15) is 5.11 Å². The first-order chi connectivity index (χ1) is 10.2. The molecule has 0 aromatic carbocycles. The molecule has 0 aromatic heterocycles. The van der Waals surface area contributed by atoms with Gasteiger partial charge in [0.05, 0.1) is 11.7 Å². The molecule has 1 saturated heterocycles. The van der Waals surface area contributed by atoms with E-state index in [2.05, 4.69) is 11.8 Å². The van der Waals surface area contributed by atoms with Crippen LogP contribution in [0.25, 0.3) is 0 Å². The first-order valence-corrected chi connectivity index (χ1v) is 9.25. The fourth-order valence-electron chi connectivity index (χ4n) is 6.21. The third-order valence-electron chi connectivity index (χ3n) is 6.58. The number of piperidine rings is 1. The lowest BCUT2D eigenvalue weighted by Crippen LogP contribution is -2.63. The highest BCUT2D eigenvalue weighted by molar-refractivity contribution is 5.08. The molecule has 5 fully saturated rings. The number of aliphatic hydroxyl groups is 1. The summed E-state index contributed by atoms with van der Waals surface area (Å²) in [6.45, 7) is 5.50. The van der Waals surface area contributed by atoms with Crippen LogP contribution in [-0.2, 0) is 4.74 Å². The van der Waals surface area contributed by atoms with Crippen molar-refractivity contribution in [3.8, 4) is 0 Å². The highest BCUT2D eigenvalue weighted by Gasteiger charge is 2.56. The molecule has 0 radical (unpaired) electrons. The SMILES string of the molecule is CCCO[C@H]1CCCN(C2[C@H]3CC4C[C@H]2CC(O)(C4)C3)C1. The standard InChI is InChI=1S/C18H31NO2/c1-2-6-21-16-4-3-5-19(12-16)17-14-7-13-8-15(17)11-18(20,9-13)10-14/h13-17,20H,2-12H2,1H3/t13?,14-,15-,16-,17?,18?/m0/s1. The highest BCUT2D eigenvalue weighted by atomic mass is 16.5. The predicted octanol–water partition coefficient (Wildman–Crippen LogP) is 2.82. The fraction of sp³-hybridized carbons (Fsp3) is 1.00. The zero-order valence-corrected chi connectivity index (χ0v) is 13.5. The number of hydrogen-bond acceptors (Lipinski definition) is 3. The maximum absolute atomic E-state index is 10.7. The van der Waals surface area contributed by atoms with Crippen molar-refractivity contribution in [2.45, 2.75) is 76.0 Å². The predicted molar refractivity (Wildman–Crippen MR) is 83.1 cm³/mol. The Morgan fingerprint density at radius 2 is 1.95 bits per heavy atom. The molecule has 21 heavy (non-hydrogen) atoms. The molecule has 4 aliphatic carbocycles. The molecular formula is C18H31NO2. The Morgan fingerprint density at radius 1 is 1.19 bits per heavy atom. The van der Waals surface area contributed by atoms with Crippen LogP contribution in [0.3, 0.4) is 0 Å². The summed E-state index contributed by atoms with van der Waals surface area (Å²) in [7, 11) is 0. The van der Waals surface area contributed by atoms with Crippen molar-refractivity contribution in [2.75, 3.05) is 19.7 Å². The zero-order chi connectivity index (χ0) is 14.4. The van der Waals surface area contributed by atoms with Crippen molar-refractivity contribution in [3.05, 3.63) is 0 Å². The minimum absolute atomic E-state index is 0.291. The van der Waals surface area contributed by atoms with Crippen molar-refractivity contribution in [2.24, 2.45) is 17.8 Å². The summed E-state index contributed by atoms with van der Waals surface area (Å²) in [4.78, 5) is 2.75. The molecule has 1 heterocycles. The minimum Gasteiger partial charge on any atom is -0.390 e. The van der Waals surface area contributed by atoms with Crippen LogP contribution in [0.5, 0.6) is 0 Å². The van der Waals surface area contributed by atoms with E-state index in [4.69, 9.17) is 4.74 Å². The minimum atomic E-state index is -0.291. The molecule has 3 nitrogen and oxygen atoms in total. The van der Waals surface area contributed by atoms with Crippen LogP contribution in [-0.4, -0.2) is 47.4 Å². The van der Waals surface area contributed by atoms with E-state index < -0.39 is 0 Å². The van der Waals surface area contributed by atoms with Crippen LogP contribution >= 0.6 is 0 Å². The van der Waals surface area contributed by atoms with Gasteiger partial charge in [0.2, 0.25) is 0 Å². The van der Waals surface area contributed by atoms with Crippen molar-refractivity contribution < 1.29 is 9.84 Å². The number of ether oxygens (including phenoxy) is 1. The van der Waals surface area contributed by atoms with Crippen molar-refractivity contribution in [1.29, 1.82) is 0 Å². The fourth-order valence-corrected chi connectivity index (χ4v) is 6.21. The molecule has 1 aliphatic heterocycles. The maximum atomic E-state index is 10.7. The highest BCUT2D eigenvalue weighted by Crippen LogP contribution is 2.57. The lowest BCUT2D eigenvalue weighted by Gasteiger charge is -2.61. The molecule has 0 spiro atoms. The average molecular weight is 293 g/mol. The maximum Gasteiger partial charge on any atom is 0.0702 e. The van der Waals surface area contributed by atoms with Gasteiger partial charge in [0.1, 0.15) is 0 Å². The summed E-state index contributed by atoms with van der Waals surface area (Å²) in [6, 6.07) is 0.745. The van der Waals surface area contributed by atoms with Gasteiger partial charge in [0.25, 0.3) is 0 Å². The van der Waals surface area contributed by atoms with Gasteiger partial charge in [-0.2, -0.15) is 0 Å². The van der Waals surface area contributed by atoms with Gasteiger partial charge in [-0.3, -0.25) is 4.90 Å². The number of rotatable bonds is 4. The van der Waals surface area contributed by atoms with Crippen molar-refractivity contribution in [3.63, 3.8) is 0 Å². The molecule has 5 aliphatic rings. The molecule has 4 saturated carbocycles. The zero-order valence-electron chi connectivity index (χ0n) is 13.5. The van der Waals surface area contributed by atoms with Gasteiger partial charge >= 0.3 is 0 Å². The summed E-state index contributed by atoms with van der Waals surface area (Å²) in [5.74, 6) is 2.33.